The molecule has 0 atom stereocenters. The quantitative estimate of drug-likeness (QED) is 0.772. The zero-order valence-corrected chi connectivity index (χ0v) is 14.1. The molecular formula is C14H24BrN3. The Morgan fingerprint density at radius 1 is 1.11 bits per heavy atom. The minimum atomic E-state index is -0.0406. The van der Waals surface area contributed by atoms with Gasteiger partial charge < -0.3 is 4.90 Å². The van der Waals surface area contributed by atoms with Crippen LogP contribution >= 0.6 is 15.9 Å². The molecule has 4 heteroatoms. The lowest BCUT2D eigenvalue weighted by Crippen LogP contribution is -2.30. The molecule has 102 valence electrons. The summed E-state index contributed by atoms with van der Waals surface area (Å²) >= 11 is 3.48. The molecule has 1 heterocycles. The van der Waals surface area contributed by atoms with Gasteiger partial charge in [0.05, 0.1) is 0 Å². The lowest BCUT2D eigenvalue weighted by molar-refractivity contribution is 0.417. The second kappa shape index (κ2) is 5.16. The van der Waals surface area contributed by atoms with Gasteiger partial charge >= 0.3 is 0 Å². The van der Waals surface area contributed by atoms with Crippen LogP contribution in [-0.2, 0) is 5.41 Å². The SMILES string of the molecule is CN(CC(C)(C)C)c1cc(Br)nc(C(C)(C)C)n1. The number of aromatic nitrogens is 2. The summed E-state index contributed by atoms with van der Waals surface area (Å²) < 4.78 is 0.846. The van der Waals surface area contributed by atoms with Crippen molar-refractivity contribution in [3.05, 3.63) is 16.5 Å². The Morgan fingerprint density at radius 3 is 2.11 bits per heavy atom. The summed E-state index contributed by atoms with van der Waals surface area (Å²) in [6.45, 7) is 14.0. The first-order chi connectivity index (χ1) is 7.99. The fourth-order valence-corrected chi connectivity index (χ4v) is 2.10. The third-order valence-corrected chi connectivity index (χ3v) is 2.86. The second-order valence-electron chi connectivity index (χ2n) is 7.04. The monoisotopic (exact) mass is 313 g/mol. The van der Waals surface area contributed by atoms with Crippen LogP contribution in [0.2, 0.25) is 0 Å². The average molecular weight is 314 g/mol. The maximum absolute atomic E-state index is 4.67. The lowest BCUT2D eigenvalue weighted by Gasteiger charge is -2.28. The largest absolute Gasteiger partial charge is 0.359 e. The molecule has 0 saturated carbocycles. The van der Waals surface area contributed by atoms with Crippen molar-refractivity contribution in [2.24, 2.45) is 5.41 Å². The van der Waals surface area contributed by atoms with E-state index < -0.39 is 0 Å². The topological polar surface area (TPSA) is 29.0 Å². The minimum absolute atomic E-state index is 0.0406. The van der Waals surface area contributed by atoms with Crippen LogP contribution in [0.3, 0.4) is 0 Å². The van der Waals surface area contributed by atoms with Crippen LogP contribution in [0.4, 0.5) is 5.82 Å². The number of halogens is 1. The number of hydrogen-bond acceptors (Lipinski definition) is 3. The Hall–Kier alpha value is -0.640. The van der Waals surface area contributed by atoms with Gasteiger partial charge in [-0.2, -0.15) is 0 Å². The van der Waals surface area contributed by atoms with Crippen LogP contribution in [0.5, 0.6) is 0 Å². The van der Waals surface area contributed by atoms with Crippen molar-refractivity contribution in [3.63, 3.8) is 0 Å². The van der Waals surface area contributed by atoms with E-state index in [4.69, 9.17) is 0 Å². The maximum atomic E-state index is 4.67. The first-order valence-electron chi connectivity index (χ1n) is 6.25. The van der Waals surface area contributed by atoms with Gasteiger partial charge in [-0.1, -0.05) is 41.5 Å². The molecule has 0 saturated heterocycles. The Kier molecular flexibility index (Phi) is 4.42. The zero-order valence-electron chi connectivity index (χ0n) is 12.5. The molecule has 0 amide bonds. The summed E-state index contributed by atoms with van der Waals surface area (Å²) in [6, 6.07) is 1.97. The molecule has 0 unspecified atom stereocenters. The summed E-state index contributed by atoms with van der Waals surface area (Å²) in [6.07, 6.45) is 0. The van der Waals surface area contributed by atoms with Crippen molar-refractivity contribution in [3.8, 4) is 0 Å². The Morgan fingerprint density at radius 2 is 1.67 bits per heavy atom. The molecule has 0 bridgehead atoms. The van der Waals surface area contributed by atoms with Crippen molar-refractivity contribution in [1.29, 1.82) is 0 Å². The zero-order chi connectivity index (χ0) is 14.1. The van der Waals surface area contributed by atoms with Gasteiger partial charge in [-0.25, -0.2) is 9.97 Å². The number of nitrogens with zero attached hydrogens (tertiary/aromatic N) is 3. The second-order valence-corrected chi connectivity index (χ2v) is 7.85. The molecule has 0 aliphatic heterocycles. The van der Waals surface area contributed by atoms with Crippen molar-refractivity contribution >= 4 is 21.7 Å². The van der Waals surface area contributed by atoms with E-state index in [9.17, 15) is 0 Å². The van der Waals surface area contributed by atoms with Gasteiger partial charge in [-0.05, 0) is 21.3 Å². The molecule has 0 aliphatic carbocycles. The van der Waals surface area contributed by atoms with E-state index in [2.05, 4.69) is 79.4 Å². The van der Waals surface area contributed by atoms with Crippen LogP contribution in [0, 0.1) is 5.41 Å². The Labute approximate surface area is 119 Å². The van der Waals surface area contributed by atoms with Crippen LogP contribution in [-0.4, -0.2) is 23.6 Å². The molecule has 0 aliphatic rings. The van der Waals surface area contributed by atoms with Crippen LogP contribution in [0.15, 0.2) is 10.7 Å². The fraction of sp³-hybridized carbons (Fsp3) is 0.714. The van der Waals surface area contributed by atoms with Gasteiger partial charge in [0.1, 0.15) is 16.2 Å². The van der Waals surface area contributed by atoms with Crippen LogP contribution in [0.1, 0.15) is 47.4 Å². The molecule has 0 spiro atoms. The highest BCUT2D eigenvalue weighted by atomic mass is 79.9. The molecule has 1 rings (SSSR count). The van der Waals surface area contributed by atoms with Crippen molar-refractivity contribution in [2.75, 3.05) is 18.5 Å². The van der Waals surface area contributed by atoms with Gasteiger partial charge in [0.15, 0.2) is 0 Å². The summed E-state index contributed by atoms with van der Waals surface area (Å²) in [5, 5.41) is 0. The van der Waals surface area contributed by atoms with Gasteiger partial charge in [0, 0.05) is 25.1 Å². The van der Waals surface area contributed by atoms with E-state index >= 15 is 0 Å². The lowest BCUT2D eigenvalue weighted by atomic mass is 9.95. The average Bonchev–Trinajstić information content (AvgIpc) is 2.12. The predicted molar refractivity (Wildman–Crippen MR) is 81.2 cm³/mol. The summed E-state index contributed by atoms with van der Waals surface area (Å²) in [4.78, 5) is 11.3. The molecule has 1 aromatic heterocycles. The molecule has 0 fully saturated rings. The summed E-state index contributed by atoms with van der Waals surface area (Å²) in [5.41, 5.74) is 0.204. The third-order valence-electron chi connectivity index (χ3n) is 2.45. The number of anilines is 1. The van der Waals surface area contributed by atoms with Gasteiger partial charge in [-0.3, -0.25) is 0 Å². The highest BCUT2D eigenvalue weighted by Crippen LogP contribution is 2.25. The third kappa shape index (κ3) is 4.56. The van der Waals surface area contributed by atoms with Gasteiger partial charge in [-0.15, -0.1) is 0 Å². The molecule has 18 heavy (non-hydrogen) atoms. The molecule has 0 aromatic carbocycles. The molecule has 0 radical (unpaired) electrons. The number of hydrogen-bond donors (Lipinski definition) is 0. The normalized spacial score (nSPS) is 12.7. The fourth-order valence-electron chi connectivity index (χ4n) is 1.73. The smallest absolute Gasteiger partial charge is 0.137 e. The Bertz CT molecular complexity index is 416. The van der Waals surface area contributed by atoms with E-state index in [1.54, 1.807) is 0 Å². The maximum Gasteiger partial charge on any atom is 0.137 e. The van der Waals surface area contributed by atoms with Crippen molar-refractivity contribution in [1.82, 2.24) is 9.97 Å². The standard InChI is InChI=1S/C14H24BrN3/c1-13(2,3)9-18(7)11-8-10(15)16-12(17-11)14(4,5)6/h8H,9H2,1-7H3. The first kappa shape index (κ1) is 15.4. The summed E-state index contributed by atoms with van der Waals surface area (Å²) in [7, 11) is 2.08. The first-order valence-corrected chi connectivity index (χ1v) is 7.04. The highest BCUT2D eigenvalue weighted by Gasteiger charge is 2.21. The molecule has 0 N–H and O–H groups in total. The number of rotatable bonds is 2. The highest BCUT2D eigenvalue weighted by molar-refractivity contribution is 9.10. The molecule has 1 aromatic rings. The van der Waals surface area contributed by atoms with Crippen LogP contribution in [0.25, 0.3) is 0 Å². The van der Waals surface area contributed by atoms with E-state index in [0.717, 1.165) is 22.8 Å². The van der Waals surface area contributed by atoms with Gasteiger partial charge in [0.2, 0.25) is 0 Å². The van der Waals surface area contributed by atoms with E-state index in [0.29, 0.717) is 0 Å². The van der Waals surface area contributed by atoms with E-state index in [1.807, 2.05) is 6.07 Å². The minimum Gasteiger partial charge on any atom is -0.359 e. The van der Waals surface area contributed by atoms with E-state index in [-0.39, 0.29) is 10.8 Å². The molecule has 3 nitrogen and oxygen atoms in total. The van der Waals surface area contributed by atoms with E-state index in [1.165, 1.54) is 0 Å². The van der Waals surface area contributed by atoms with Crippen molar-refractivity contribution in [2.45, 2.75) is 47.0 Å². The van der Waals surface area contributed by atoms with Crippen LogP contribution < -0.4 is 4.90 Å². The summed E-state index contributed by atoms with van der Waals surface area (Å²) in [5.74, 6) is 1.84. The predicted octanol–water partition coefficient (Wildman–Crippen LogP) is 4.02. The van der Waals surface area contributed by atoms with Crippen molar-refractivity contribution < 1.29 is 0 Å². The van der Waals surface area contributed by atoms with Gasteiger partial charge in [0.25, 0.3) is 0 Å². The Balaban J connectivity index is 3.07. The molecular weight excluding hydrogens is 290 g/mol.